The van der Waals surface area contributed by atoms with Crippen molar-refractivity contribution >= 4 is 5.69 Å². The van der Waals surface area contributed by atoms with E-state index in [1.54, 1.807) is 0 Å². The van der Waals surface area contributed by atoms with Crippen molar-refractivity contribution < 1.29 is 5.11 Å². The first-order valence-corrected chi connectivity index (χ1v) is 6.94. The van der Waals surface area contributed by atoms with Crippen LogP contribution in [-0.4, -0.2) is 31.3 Å². The highest BCUT2D eigenvalue weighted by atomic mass is 16.3. The first-order valence-electron chi connectivity index (χ1n) is 6.94. The Labute approximate surface area is 110 Å². The maximum absolute atomic E-state index is 9.52. The lowest BCUT2D eigenvalue weighted by Crippen LogP contribution is -2.35. The number of benzene rings is 1. The van der Waals surface area contributed by atoms with E-state index < -0.39 is 0 Å². The topological polar surface area (TPSA) is 35.5 Å². The van der Waals surface area contributed by atoms with Crippen LogP contribution in [0, 0.1) is 0 Å². The predicted octanol–water partition coefficient (Wildman–Crippen LogP) is 2.32. The highest BCUT2D eigenvalue weighted by molar-refractivity contribution is 5.48. The lowest BCUT2D eigenvalue weighted by atomic mass is 10.0. The summed E-state index contributed by atoms with van der Waals surface area (Å²) in [7, 11) is 2.01. The molecule has 3 nitrogen and oxygen atoms in total. The molecule has 1 atom stereocenters. The number of nitrogens with one attached hydrogen (secondary N) is 1. The average molecular weight is 248 g/mol. The van der Waals surface area contributed by atoms with Crippen LogP contribution in [-0.2, 0) is 0 Å². The van der Waals surface area contributed by atoms with Gasteiger partial charge in [0, 0.05) is 24.8 Å². The zero-order valence-corrected chi connectivity index (χ0v) is 11.4. The van der Waals surface area contributed by atoms with Crippen LogP contribution < -0.4 is 10.2 Å². The number of nitrogens with zero attached hydrogens (tertiary/aromatic N) is 1. The van der Waals surface area contributed by atoms with E-state index >= 15 is 0 Å². The molecule has 2 N–H and O–H groups in total. The molecular weight excluding hydrogens is 224 g/mol. The maximum atomic E-state index is 9.52. The van der Waals surface area contributed by atoms with Crippen LogP contribution in [0.3, 0.4) is 0 Å². The second kappa shape index (κ2) is 6.21. The number of anilines is 1. The molecule has 1 aromatic carbocycles. The van der Waals surface area contributed by atoms with Crippen LogP contribution >= 0.6 is 0 Å². The van der Waals surface area contributed by atoms with Crippen molar-refractivity contribution in [3.63, 3.8) is 0 Å². The quantitative estimate of drug-likeness (QED) is 0.858. The highest BCUT2D eigenvalue weighted by Crippen LogP contribution is 2.23. The van der Waals surface area contributed by atoms with Crippen LogP contribution in [0.15, 0.2) is 24.3 Å². The predicted molar refractivity (Wildman–Crippen MR) is 76.0 cm³/mol. The number of hydrogen-bond acceptors (Lipinski definition) is 3. The van der Waals surface area contributed by atoms with Crippen molar-refractivity contribution in [1.29, 1.82) is 0 Å². The van der Waals surface area contributed by atoms with Gasteiger partial charge < -0.3 is 15.3 Å². The van der Waals surface area contributed by atoms with Crippen molar-refractivity contribution in [2.45, 2.75) is 38.3 Å². The molecule has 0 spiro atoms. The molecule has 0 radical (unpaired) electrons. The molecular formula is C15H24N2O. The maximum Gasteiger partial charge on any atom is 0.0574 e. The summed E-state index contributed by atoms with van der Waals surface area (Å²) in [6, 6.07) is 9.28. The molecule has 0 saturated carbocycles. The normalized spacial score (nSPS) is 18.9. The van der Waals surface area contributed by atoms with Gasteiger partial charge in [-0.2, -0.15) is 0 Å². The molecule has 1 heterocycles. The fourth-order valence-electron chi connectivity index (χ4n) is 2.65. The van der Waals surface area contributed by atoms with Crippen molar-refractivity contribution in [2.75, 3.05) is 25.0 Å². The third-order valence-electron chi connectivity index (χ3n) is 3.88. The molecule has 2 rings (SSSR count). The number of aliphatic hydroxyl groups excluding tert-OH is 1. The van der Waals surface area contributed by atoms with E-state index in [2.05, 4.69) is 41.4 Å². The Morgan fingerprint density at radius 3 is 2.39 bits per heavy atom. The zero-order chi connectivity index (χ0) is 13.0. The molecule has 1 aromatic rings. The van der Waals surface area contributed by atoms with Gasteiger partial charge in [-0.25, -0.2) is 0 Å². The Kier molecular flexibility index (Phi) is 4.61. The Morgan fingerprint density at radius 2 is 1.89 bits per heavy atom. The first kappa shape index (κ1) is 13.4. The largest absolute Gasteiger partial charge is 0.393 e. The summed E-state index contributed by atoms with van der Waals surface area (Å²) in [6.07, 6.45) is 2.77. The van der Waals surface area contributed by atoms with E-state index in [4.69, 9.17) is 0 Å². The van der Waals surface area contributed by atoms with Crippen LogP contribution in [0.5, 0.6) is 0 Å². The summed E-state index contributed by atoms with van der Waals surface area (Å²) in [5.74, 6) is 0. The molecule has 100 valence electrons. The smallest absolute Gasteiger partial charge is 0.0574 e. The van der Waals surface area contributed by atoms with Crippen molar-refractivity contribution in [1.82, 2.24) is 5.32 Å². The molecule has 3 heteroatoms. The van der Waals surface area contributed by atoms with Gasteiger partial charge in [-0.3, -0.25) is 0 Å². The molecule has 0 bridgehead atoms. The summed E-state index contributed by atoms with van der Waals surface area (Å²) in [5.41, 5.74) is 2.62. The van der Waals surface area contributed by atoms with Gasteiger partial charge >= 0.3 is 0 Å². The van der Waals surface area contributed by atoms with E-state index in [-0.39, 0.29) is 6.10 Å². The lowest BCUT2D eigenvalue weighted by Gasteiger charge is -2.31. The zero-order valence-electron chi connectivity index (χ0n) is 11.4. The van der Waals surface area contributed by atoms with Crippen LogP contribution in [0.4, 0.5) is 5.69 Å². The Hall–Kier alpha value is -1.06. The summed E-state index contributed by atoms with van der Waals surface area (Å²) >= 11 is 0. The SMILES string of the molecule is CCC(NC)c1ccc(N2CCC(O)CC2)cc1. The second-order valence-corrected chi connectivity index (χ2v) is 5.06. The Morgan fingerprint density at radius 1 is 1.28 bits per heavy atom. The van der Waals surface area contributed by atoms with E-state index in [0.717, 1.165) is 32.4 Å². The molecule has 1 aliphatic heterocycles. The number of aliphatic hydroxyl groups is 1. The van der Waals surface area contributed by atoms with Crippen molar-refractivity contribution in [3.05, 3.63) is 29.8 Å². The van der Waals surface area contributed by atoms with Gasteiger partial charge in [-0.05, 0) is 44.0 Å². The van der Waals surface area contributed by atoms with Gasteiger partial charge in [-0.1, -0.05) is 19.1 Å². The third kappa shape index (κ3) is 3.03. The van der Waals surface area contributed by atoms with Crippen LogP contribution in [0.2, 0.25) is 0 Å². The summed E-state index contributed by atoms with van der Waals surface area (Å²) in [6.45, 7) is 4.12. The fourth-order valence-corrected chi connectivity index (χ4v) is 2.65. The molecule has 18 heavy (non-hydrogen) atoms. The molecule has 0 aliphatic carbocycles. The minimum atomic E-state index is -0.103. The number of piperidine rings is 1. The highest BCUT2D eigenvalue weighted by Gasteiger charge is 2.17. The molecule has 1 aliphatic rings. The van der Waals surface area contributed by atoms with E-state index in [9.17, 15) is 5.11 Å². The summed E-state index contributed by atoms with van der Waals surface area (Å²) < 4.78 is 0. The van der Waals surface area contributed by atoms with E-state index in [0.29, 0.717) is 6.04 Å². The average Bonchev–Trinajstić information content (AvgIpc) is 2.42. The Balaban J connectivity index is 2.03. The van der Waals surface area contributed by atoms with Crippen LogP contribution in [0.25, 0.3) is 0 Å². The number of rotatable bonds is 4. The molecule has 1 unspecified atom stereocenters. The minimum absolute atomic E-state index is 0.103. The molecule has 0 aromatic heterocycles. The van der Waals surface area contributed by atoms with E-state index in [1.807, 2.05) is 7.05 Å². The van der Waals surface area contributed by atoms with Crippen LogP contribution in [0.1, 0.15) is 37.8 Å². The van der Waals surface area contributed by atoms with Gasteiger partial charge in [0.05, 0.1) is 6.10 Å². The summed E-state index contributed by atoms with van der Waals surface area (Å²) in [4.78, 5) is 2.36. The van der Waals surface area contributed by atoms with Gasteiger partial charge in [0.2, 0.25) is 0 Å². The first-order chi connectivity index (χ1) is 8.74. The van der Waals surface area contributed by atoms with Gasteiger partial charge in [0.15, 0.2) is 0 Å². The third-order valence-corrected chi connectivity index (χ3v) is 3.88. The molecule has 0 amide bonds. The standard InChI is InChI=1S/C15H24N2O/c1-3-15(16-2)12-4-6-13(7-5-12)17-10-8-14(18)9-11-17/h4-7,14-16,18H,3,8-11H2,1-2H3. The van der Waals surface area contributed by atoms with E-state index in [1.165, 1.54) is 11.3 Å². The molecule has 1 saturated heterocycles. The van der Waals surface area contributed by atoms with Crippen molar-refractivity contribution in [3.8, 4) is 0 Å². The van der Waals surface area contributed by atoms with Gasteiger partial charge in [0.1, 0.15) is 0 Å². The number of hydrogen-bond donors (Lipinski definition) is 2. The van der Waals surface area contributed by atoms with Gasteiger partial charge in [-0.15, -0.1) is 0 Å². The van der Waals surface area contributed by atoms with Crippen molar-refractivity contribution in [2.24, 2.45) is 0 Å². The summed E-state index contributed by atoms with van der Waals surface area (Å²) in [5, 5.41) is 12.8. The fraction of sp³-hybridized carbons (Fsp3) is 0.600. The van der Waals surface area contributed by atoms with Gasteiger partial charge in [0.25, 0.3) is 0 Å². The lowest BCUT2D eigenvalue weighted by molar-refractivity contribution is 0.145. The monoisotopic (exact) mass is 248 g/mol. The Bertz CT molecular complexity index is 351. The minimum Gasteiger partial charge on any atom is -0.393 e. The molecule has 1 fully saturated rings. The second-order valence-electron chi connectivity index (χ2n) is 5.06.